The van der Waals surface area contributed by atoms with E-state index in [1.807, 2.05) is 29.6 Å². The second-order valence-corrected chi connectivity index (χ2v) is 6.23. The molecule has 0 aliphatic rings. The van der Waals surface area contributed by atoms with Gasteiger partial charge in [-0.25, -0.2) is 4.98 Å². The highest BCUT2D eigenvalue weighted by Gasteiger charge is 2.10. The van der Waals surface area contributed by atoms with Crippen molar-refractivity contribution in [2.75, 3.05) is 14.2 Å². The molecule has 0 bridgehead atoms. The Kier molecular flexibility index (Phi) is 5.20. The van der Waals surface area contributed by atoms with Crippen LogP contribution in [-0.2, 0) is 0 Å². The number of nitriles is 1. The molecule has 0 spiro atoms. The van der Waals surface area contributed by atoms with E-state index in [4.69, 9.17) is 9.47 Å². The molecule has 0 amide bonds. The fraction of sp³-hybridized carbons (Fsp3) is 0.100. The molecule has 3 rings (SSSR count). The molecule has 130 valence electrons. The van der Waals surface area contributed by atoms with Crippen molar-refractivity contribution in [1.82, 2.24) is 4.98 Å². The first-order chi connectivity index (χ1) is 12.6. The molecular weight excluding hydrogens is 348 g/mol. The SMILES string of the molecule is COc1ccc(-c2csc(/C(C#N)=C\c3ccc(O)c(OC)c3)n2)cc1. The molecule has 3 aromatic rings. The van der Waals surface area contributed by atoms with E-state index in [0.717, 1.165) is 22.6 Å². The number of methoxy groups -OCH3 is 2. The van der Waals surface area contributed by atoms with E-state index in [9.17, 15) is 10.4 Å². The molecule has 0 saturated heterocycles. The third-order valence-corrected chi connectivity index (χ3v) is 4.63. The highest BCUT2D eigenvalue weighted by atomic mass is 32.1. The smallest absolute Gasteiger partial charge is 0.161 e. The largest absolute Gasteiger partial charge is 0.504 e. The first-order valence-electron chi connectivity index (χ1n) is 7.73. The number of allylic oxidation sites excluding steroid dienone is 1. The summed E-state index contributed by atoms with van der Waals surface area (Å²) in [5.74, 6) is 1.19. The van der Waals surface area contributed by atoms with Gasteiger partial charge in [0.05, 0.1) is 25.5 Å². The summed E-state index contributed by atoms with van der Waals surface area (Å²) in [5.41, 5.74) is 2.95. The molecular formula is C20H16N2O3S. The van der Waals surface area contributed by atoms with Crippen LogP contribution in [0.15, 0.2) is 47.8 Å². The van der Waals surface area contributed by atoms with Gasteiger partial charge in [0.25, 0.3) is 0 Å². The third kappa shape index (κ3) is 3.68. The Morgan fingerprint density at radius 1 is 1.15 bits per heavy atom. The Morgan fingerprint density at radius 2 is 1.92 bits per heavy atom. The lowest BCUT2D eigenvalue weighted by Gasteiger charge is -2.04. The Bertz CT molecular complexity index is 985. The van der Waals surface area contributed by atoms with Gasteiger partial charge >= 0.3 is 0 Å². The van der Waals surface area contributed by atoms with Gasteiger partial charge in [0.15, 0.2) is 11.5 Å². The Morgan fingerprint density at radius 3 is 2.58 bits per heavy atom. The fourth-order valence-electron chi connectivity index (χ4n) is 2.38. The molecule has 26 heavy (non-hydrogen) atoms. The van der Waals surface area contributed by atoms with Gasteiger partial charge in [-0.15, -0.1) is 11.3 Å². The van der Waals surface area contributed by atoms with E-state index in [1.54, 1.807) is 25.3 Å². The molecule has 0 aliphatic heterocycles. The van der Waals surface area contributed by atoms with E-state index in [0.29, 0.717) is 16.3 Å². The minimum Gasteiger partial charge on any atom is -0.504 e. The highest BCUT2D eigenvalue weighted by Crippen LogP contribution is 2.30. The van der Waals surface area contributed by atoms with Crippen molar-refractivity contribution in [3.05, 3.63) is 58.4 Å². The standard InChI is InChI=1S/C20H16N2O3S/c1-24-16-6-4-14(5-7-16)17-12-26-20(22-17)15(11-21)9-13-3-8-18(23)19(10-13)25-2/h3-10,12,23H,1-2H3/b15-9-. The summed E-state index contributed by atoms with van der Waals surface area (Å²) in [4.78, 5) is 4.57. The zero-order valence-corrected chi connectivity index (χ0v) is 15.1. The van der Waals surface area contributed by atoms with E-state index in [-0.39, 0.29) is 5.75 Å². The Hall–Kier alpha value is -3.30. The normalized spacial score (nSPS) is 11.0. The van der Waals surface area contributed by atoms with Crippen molar-refractivity contribution in [2.24, 2.45) is 0 Å². The number of nitrogens with zero attached hydrogens (tertiary/aromatic N) is 2. The molecule has 1 N–H and O–H groups in total. The number of benzene rings is 2. The van der Waals surface area contributed by atoms with Crippen molar-refractivity contribution < 1.29 is 14.6 Å². The van der Waals surface area contributed by atoms with E-state index in [1.165, 1.54) is 24.5 Å². The van der Waals surface area contributed by atoms with Crippen LogP contribution >= 0.6 is 11.3 Å². The molecule has 1 aromatic heterocycles. The summed E-state index contributed by atoms with van der Waals surface area (Å²) in [7, 11) is 3.11. The number of phenols is 1. The summed E-state index contributed by atoms with van der Waals surface area (Å²) >= 11 is 1.41. The van der Waals surface area contributed by atoms with Crippen molar-refractivity contribution in [1.29, 1.82) is 5.26 Å². The maximum absolute atomic E-state index is 9.68. The molecule has 0 saturated carbocycles. The molecule has 0 aliphatic carbocycles. The van der Waals surface area contributed by atoms with Crippen LogP contribution in [0.25, 0.3) is 22.9 Å². The number of rotatable bonds is 5. The van der Waals surface area contributed by atoms with Gasteiger partial charge in [0.1, 0.15) is 16.8 Å². The van der Waals surface area contributed by atoms with E-state index in [2.05, 4.69) is 11.1 Å². The average Bonchev–Trinajstić information content (AvgIpc) is 3.17. The highest BCUT2D eigenvalue weighted by molar-refractivity contribution is 7.11. The minimum atomic E-state index is 0.0548. The fourth-order valence-corrected chi connectivity index (χ4v) is 3.18. The van der Waals surface area contributed by atoms with E-state index >= 15 is 0 Å². The molecule has 0 atom stereocenters. The third-order valence-electron chi connectivity index (χ3n) is 3.76. The predicted molar refractivity (Wildman–Crippen MR) is 102 cm³/mol. The number of hydrogen-bond donors (Lipinski definition) is 1. The summed E-state index contributed by atoms with van der Waals surface area (Å²) in [6, 6.07) is 14.7. The molecule has 2 aromatic carbocycles. The maximum atomic E-state index is 9.68. The van der Waals surface area contributed by atoms with Crippen molar-refractivity contribution >= 4 is 23.0 Å². The maximum Gasteiger partial charge on any atom is 0.161 e. The predicted octanol–water partition coefficient (Wildman–Crippen LogP) is 4.60. The lowest BCUT2D eigenvalue weighted by atomic mass is 10.1. The van der Waals surface area contributed by atoms with Crippen LogP contribution in [0.4, 0.5) is 0 Å². The van der Waals surface area contributed by atoms with Gasteiger partial charge in [-0.05, 0) is 48.0 Å². The zero-order valence-electron chi connectivity index (χ0n) is 14.3. The van der Waals surface area contributed by atoms with Crippen molar-refractivity contribution in [3.8, 4) is 34.6 Å². The quantitative estimate of drug-likeness (QED) is 0.670. The monoisotopic (exact) mass is 364 g/mol. The lowest BCUT2D eigenvalue weighted by molar-refractivity contribution is 0.373. The van der Waals surface area contributed by atoms with Crippen LogP contribution in [0.1, 0.15) is 10.6 Å². The van der Waals surface area contributed by atoms with Crippen LogP contribution in [0.5, 0.6) is 17.2 Å². The topological polar surface area (TPSA) is 75.4 Å². The van der Waals surface area contributed by atoms with Crippen LogP contribution in [0.3, 0.4) is 0 Å². The van der Waals surface area contributed by atoms with Crippen LogP contribution in [0.2, 0.25) is 0 Å². The van der Waals surface area contributed by atoms with Gasteiger partial charge < -0.3 is 14.6 Å². The van der Waals surface area contributed by atoms with Crippen molar-refractivity contribution in [3.63, 3.8) is 0 Å². The summed E-state index contributed by atoms with van der Waals surface area (Å²) in [6.07, 6.45) is 1.72. The molecule has 6 heteroatoms. The summed E-state index contributed by atoms with van der Waals surface area (Å²) < 4.78 is 10.3. The van der Waals surface area contributed by atoms with Gasteiger partial charge in [-0.2, -0.15) is 5.26 Å². The summed E-state index contributed by atoms with van der Waals surface area (Å²) in [6.45, 7) is 0. The lowest BCUT2D eigenvalue weighted by Crippen LogP contribution is -1.86. The van der Waals surface area contributed by atoms with Gasteiger partial charge in [-0.3, -0.25) is 0 Å². The average molecular weight is 364 g/mol. The first-order valence-corrected chi connectivity index (χ1v) is 8.61. The zero-order chi connectivity index (χ0) is 18.5. The number of thiazole rings is 1. The van der Waals surface area contributed by atoms with Crippen molar-refractivity contribution in [2.45, 2.75) is 0 Å². The number of aromatic nitrogens is 1. The summed E-state index contributed by atoms with van der Waals surface area (Å²) in [5, 5.41) is 21.7. The van der Waals surface area contributed by atoms with Gasteiger partial charge in [0, 0.05) is 10.9 Å². The number of ether oxygens (including phenoxy) is 2. The second kappa shape index (κ2) is 7.72. The molecule has 0 radical (unpaired) electrons. The first kappa shape index (κ1) is 17.5. The Labute approximate surface area is 155 Å². The molecule has 0 fully saturated rings. The second-order valence-electron chi connectivity index (χ2n) is 5.37. The Balaban J connectivity index is 1.91. The number of hydrogen-bond acceptors (Lipinski definition) is 6. The minimum absolute atomic E-state index is 0.0548. The van der Waals surface area contributed by atoms with Gasteiger partial charge in [-0.1, -0.05) is 6.07 Å². The van der Waals surface area contributed by atoms with Crippen LogP contribution in [-0.4, -0.2) is 24.3 Å². The van der Waals surface area contributed by atoms with Crippen LogP contribution < -0.4 is 9.47 Å². The number of phenolic OH excluding ortho intramolecular Hbond substituents is 1. The number of aromatic hydroxyl groups is 1. The molecule has 1 heterocycles. The molecule has 5 nitrogen and oxygen atoms in total. The molecule has 0 unspecified atom stereocenters. The van der Waals surface area contributed by atoms with Gasteiger partial charge in [0.2, 0.25) is 0 Å². The van der Waals surface area contributed by atoms with E-state index < -0.39 is 0 Å². The van der Waals surface area contributed by atoms with Crippen LogP contribution in [0, 0.1) is 11.3 Å².